The van der Waals surface area contributed by atoms with Gasteiger partial charge in [0.05, 0.1) is 0 Å². The van der Waals surface area contributed by atoms with Crippen LogP contribution in [0, 0.1) is 18.6 Å². The van der Waals surface area contributed by atoms with Crippen LogP contribution in [-0.2, 0) is 4.79 Å². The monoisotopic (exact) mass is 282 g/mol. The number of aryl methyl sites for hydroxylation is 1. The average molecular weight is 282 g/mol. The molecular formula is C13H12F2N2O3. The van der Waals surface area contributed by atoms with Crippen molar-refractivity contribution < 1.29 is 22.8 Å². The minimum absolute atomic E-state index is 0.203. The molecule has 1 atom stereocenters. The Morgan fingerprint density at radius 3 is 2.75 bits per heavy atom. The molecule has 5 nitrogen and oxygen atoms in total. The minimum Gasteiger partial charge on any atom is -0.478 e. The summed E-state index contributed by atoms with van der Waals surface area (Å²) in [6.45, 7) is 3.11. The minimum atomic E-state index is -0.980. The molecule has 0 spiro atoms. The number of anilines is 1. The number of hydrogen-bond acceptors (Lipinski definition) is 4. The predicted octanol–water partition coefficient (Wildman–Crippen LogP) is 2.67. The van der Waals surface area contributed by atoms with Gasteiger partial charge in [-0.15, -0.1) is 0 Å². The summed E-state index contributed by atoms with van der Waals surface area (Å²) in [6.07, 6.45) is -0.980. The first-order valence-electron chi connectivity index (χ1n) is 5.81. The van der Waals surface area contributed by atoms with E-state index < -0.39 is 23.6 Å². The third-order valence-corrected chi connectivity index (χ3v) is 2.45. The van der Waals surface area contributed by atoms with Crippen molar-refractivity contribution in [3.63, 3.8) is 0 Å². The zero-order chi connectivity index (χ0) is 14.7. The number of nitrogens with zero attached hydrogens (tertiary/aromatic N) is 1. The normalized spacial score (nSPS) is 12.0. The largest absolute Gasteiger partial charge is 0.478 e. The van der Waals surface area contributed by atoms with Crippen molar-refractivity contribution in [1.29, 1.82) is 0 Å². The van der Waals surface area contributed by atoms with Crippen molar-refractivity contribution >= 4 is 11.7 Å². The number of carbonyl (C=O) groups excluding carboxylic acids is 1. The maximum absolute atomic E-state index is 13.4. The van der Waals surface area contributed by atoms with Gasteiger partial charge in [-0.1, -0.05) is 5.16 Å². The second-order valence-electron chi connectivity index (χ2n) is 4.15. The number of halogens is 2. The van der Waals surface area contributed by atoms with Gasteiger partial charge in [0.2, 0.25) is 0 Å². The summed E-state index contributed by atoms with van der Waals surface area (Å²) in [5.74, 6) is -1.54. The van der Waals surface area contributed by atoms with Crippen LogP contribution in [0.2, 0.25) is 0 Å². The number of aromatic nitrogens is 1. The third kappa shape index (κ3) is 3.31. The van der Waals surface area contributed by atoms with E-state index in [1.807, 2.05) is 0 Å². The molecule has 1 aromatic carbocycles. The fourth-order valence-electron chi connectivity index (χ4n) is 1.47. The maximum atomic E-state index is 13.4. The third-order valence-electron chi connectivity index (χ3n) is 2.45. The molecule has 1 unspecified atom stereocenters. The Bertz CT molecular complexity index is 628. The van der Waals surface area contributed by atoms with Gasteiger partial charge in [-0.3, -0.25) is 4.79 Å². The van der Waals surface area contributed by atoms with Crippen LogP contribution in [0.25, 0.3) is 0 Å². The standard InChI is InChI=1S/C13H12F2N2O3/c1-7-5-12(17-20-7)16-13(18)8(2)19-11-4-3-9(14)6-10(11)15/h3-6,8H,1-2H3,(H,16,17,18). The topological polar surface area (TPSA) is 64.4 Å². The number of amides is 1. The molecule has 1 N–H and O–H groups in total. The lowest BCUT2D eigenvalue weighted by Crippen LogP contribution is -2.30. The summed E-state index contributed by atoms with van der Waals surface area (Å²) in [5, 5.41) is 6.04. The molecule has 7 heteroatoms. The van der Waals surface area contributed by atoms with Crippen LogP contribution in [0.3, 0.4) is 0 Å². The Morgan fingerprint density at radius 2 is 2.15 bits per heavy atom. The van der Waals surface area contributed by atoms with Crippen molar-refractivity contribution in [1.82, 2.24) is 5.16 Å². The van der Waals surface area contributed by atoms with E-state index in [1.165, 1.54) is 13.0 Å². The van der Waals surface area contributed by atoms with Crippen LogP contribution in [0.15, 0.2) is 28.8 Å². The number of ether oxygens (including phenoxy) is 1. The summed E-state index contributed by atoms with van der Waals surface area (Å²) in [6, 6.07) is 4.38. The Kier molecular flexibility index (Phi) is 3.97. The molecule has 0 aliphatic carbocycles. The average Bonchev–Trinajstić information content (AvgIpc) is 2.78. The summed E-state index contributed by atoms with van der Waals surface area (Å²) in [4.78, 5) is 11.8. The molecule has 106 valence electrons. The smallest absolute Gasteiger partial charge is 0.266 e. The SMILES string of the molecule is Cc1cc(NC(=O)C(C)Oc2ccc(F)cc2F)no1. The van der Waals surface area contributed by atoms with E-state index in [-0.39, 0.29) is 11.6 Å². The number of benzene rings is 1. The van der Waals surface area contributed by atoms with Crippen LogP contribution in [0.1, 0.15) is 12.7 Å². The molecule has 0 saturated carbocycles. The summed E-state index contributed by atoms with van der Waals surface area (Å²) < 4.78 is 36.0. The number of rotatable bonds is 4. The zero-order valence-corrected chi connectivity index (χ0v) is 10.8. The molecule has 1 amide bonds. The lowest BCUT2D eigenvalue weighted by atomic mass is 10.3. The Balaban J connectivity index is 2.00. The van der Waals surface area contributed by atoms with E-state index in [9.17, 15) is 13.6 Å². The van der Waals surface area contributed by atoms with Crippen molar-refractivity contribution in [2.45, 2.75) is 20.0 Å². The molecule has 2 rings (SSSR count). The molecule has 20 heavy (non-hydrogen) atoms. The van der Waals surface area contributed by atoms with Crippen LogP contribution in [-0.4, -0.2) is 17.2 Å². The van der Waals surface area contributed by atoms with Crippen molar-refractivity contribution in [2.24, 2.45) is 0 Å². The first-order chi connectivity index (χ1) is 9.45. The van der Waals surface area contributed by atoms with E-state index in [4.69, 9.17) is 9.26 Å². The van der Waals surface area contributed by atoms with Gasteiger partial charge in [-0.25, -0.2) is 8.78 Å². The molecule has 0 aliphatic heterocycles. The molecule has 1 aromatic heterocycles. The molecule has 0 bridgehead atoms. The lowest BCUT2D eigenvalue weighted by Gasteiger charge is -2.14. The maximum Gasteiger partial charge on any atom is 0.266 e. The van der Waals surface area contributed by atoms with Gasteiger partial charge in [0, 0.05) is 12.1 Å². The first-order valence-corrected chi connectivity index (χ1v) is 5.81. The highest BCUT2D eigenvalue weighted by molar-refractivity contribution is 5.93. The highest BCUT2D eigenvalue weighted by Crippen LogP contribution is 2.19. The Labute approximate surface area is 113 Å². The van der Waals surface area contributed by atoms with E-state index in [0.717, 1.165) is 12.1 Å². The van der Waals surface area contributed by atoms with Crippen LogP contribution in [0.4, 0.5) is 14.6 Å². The van der Waals surface area contributed by atoms with Gasteiger partial charge in [0.25, 0.3) is 5.91 Å². The van der Waals surface area contributed by atoms with E-state index in [2.05, 4.69) is 10.5 Å². The number of nitrogens with one attached hydrogen (secondary N) is 1. The van der Waals surface area contributed by atoms with Crippen LogP contribution < -0.4 is 10.1 Å². The second kappa shape index (κ2) is 5.68. The molecule has 0 radical (unpaired) electrons. The summed E-state index contributed by atoms with van der Waals surface area (Å²) >= 11 is 0. The molecule has 1 heterocycles. The van der Waals surface area contributed by atoms with E-state index >= 15 is 0 Å². The quantitative estimate of drug-likeness (QED) is 0.936. The van der Waals surface area contributed by atoms with Crippen LogP contribution in [0.5, 0.6) is 5.75 Å². The highest BCUT2D eigenvalue weighted by Gasteiger charge is 2.18. The summed E-state index contributed by atoms with van der Waals surface area (Å²) in [7, 11) is 0. The highest BCUT2D eigenvalue weighted by atomic mass is 19.1. The second-order valence-corrected chi connectivity index (χ2v) is 4.15. The zero-order valence-electron chi connectivity index (χ0n) is 10.8. The van der Waals surface area contributed by atoms with Crippen molar-refractivity contribution in [3.05, 3.63) is 41.7 Å². The fourth-order valence-corrected chi connectivity index (χ4v) is 1.47. The Morgan fingerprint density at radius 1 is 1.40 bits per heavy atom. The number of carbonyl (C=O) groups is 1. The Hall–Kier alpha value is -2.44. The predicted molar refractivity (Wildman–Crippen MR) is 66.3 cm³/mol. The van der Waals surface area contributed by atoms with Gasteiger partial charge < -0.3 is 14.6 Å². The van der Waals surface area contributed by atoms with Gasteiger partial charge in [-0.2, -0.15) is 0 Å². The van der Waals surface area contributed by atoms with Gasteiger partial charge >= 0.3 is 0 Å². The lowest BCUT2D eigenvalue weighted by molar-refractivity contribution is -0.122. The van der Waals surface area contributed by atoms with E-state index in [0.29, 0.717) is 11.8 Å². The van der Waals surface area contributed by atoms with E-state index in [1.54, 1.807) is 6.92 Å². The number of hydrogen-bond donors (Lipinski definition) is 1. The van der Waals surface area contributed by atoms with Crippen LogP contribution >= 0.6 is 0 Å². The van der Waals surface area contributed by atoms with Crippen molar-refractivity contribution in [3.8, 4) is 5.75 Å². The molecular weight excluding hydrogens is 270 g/mol. The van der Waals surface area contributed by atoms with Crippen molar-refractivity contribution in [2.75, 3.05) is 5.32 Å². The van der Waals surface area contributed by atoms with Gasteiger partial charge in [-0.05, 0) is 26.0 Å². The molecule has 0 aliphatic rings. The molecule has 0 saturated heterocycles. The van der Waals surface area contributed by atoms with Gasteiger partial charge in [0.15, 0.2) is 23.5 Å². The first kappa shape index (κ1) is 14.0. The summed E-state index contributed by atoms with van der Waals surface area (Å²) in [5.41, 5.74) is 0. The fraction of sp³-hybridized carbons (Fsp3) is 0.231. The molecule has 2 aromatic rings. The van der Waals surface area contributed by atoms with Gasteiger partial charge in [0.1, 0.15) is 11.6 Å². The molecule has 0 fully saturated rings.